The summed E-state index contributed by atoms with van der Waals surface area (Å²) >= 11 is 7.18. The molecule has 0 aliphatic rings. The third-order valence-electron chi connectivity index (χ3n) is 2.19. The van der Waals surface area contributed by atoms with Crippen LogP contribution in [0.4, 0.5) is 0 Å². The molecule has 0 unspecified atom stereocenters. The van der Waals surface area contributed by atoms with Crippen LogP contribution in [0.25, 0.3) is 0 Å². The second kappa shape index (κ2) is 4.98. The van der Waals surface area contributed by atoms with Crippen molar-refractivity contribution in [2.45, 2.75) is 6.92 Å². The van der Waals surface area contributed by atoms with Gasteiger partial charge in [-0.1, -0.05) is 0 Å². The first-order valence-electron chi connectivity index (χ1n) is 4.64. The van der Waals surface area contributed by atoms with Gasteiger partial charge in [-0.2, -0.15) is 0 Å². The van der Waals surface area contributed by atoms with Crippen LogP contribution in [-0.2, 0) is 0 Å². The first-order valence-corrected chi connectivity index (χ1v) is 7.33. The molecule has 0 N–H and O–H groups in total. The van der Waals surface area contributed by atoms with Crippen LogP contribution < -0.4 is 0 Å². The van der Waals surface area contributed by atoms with Crippen LogP contribution in [0, 0.1) is 10.5 Å². The fourth-order valence-corrected chi connectivity index (χ4v) is 3.17. The highest BCUT2D eigenvalue weighted by atomic mass is 127. The molecule has 0 saturated heterocycles. The number of thiophene rings is 1. The van der Waals surface area contributed by atoms with Crippen molar-refractivity contribution >= 4 is 55.6 Å². The number of carbonyl (C=O) groups is 1. The van der Waals surface area contributed by atoms with Crippen molar-refractivity contribution in [3.8, 4) is 0 Å². The third-order valence-corrected chi connectivity index (χ3v) is 5.04. The molecule has 0 fully saturated rings. The van der Waals surface area contributed by atoms with Crippen molar-refractivity contribution < 1.29 is 4.79 Å². The number of hydrogen-bond acceptors (Lipinski definition) is 2. The Hall–Kier alpha value is -0.200. The standard InChI is InChI=1S/C12H8BrIOS/c1-7-10(13)6-11(16-7)12(15)8-2-4-9(14)5-3-8/h2-6H,1H3. The van der Waals surface area contributed by atoms with Crippen molar-refractivity contribution in [1.82, 2.24) is 0 Å². The maximum Gasteiger partial charge on any atom is 0.202 e. The predicted molar refractivity (Wildman–Crippen MR) is 79.3 cm³/mol. The van der Waals surface area contributed by atoms with Crippen molar-refractivity contribution in [1.29, 1.82) is 0 Å². The van der Waals surface area contributed by atoms with Gasteiger partial charge < -0.3 is 0 Å². The molecule has 1 aromatic heterocycles. The van der Waals surface area contributed by atoms with Gasteiger partial charge in [0.15, 0.2) is 0 Å². The summed E-state index contributed by atoms with van der Waals surface area (Å²) in [6.45, 7) is 2.00. The van der Waals surface area contributed by atoms with Crippen LogP contribution in [0.15, 0.2) is 34.8 Å². The highest BCUT2D eigenvalue weighted by Gasteiger charge is 2.13. The topological polar surface area (TPSA) is 17.1 Å². The Balaban J connectivity index is 2.35. The maximum atomic E-state index is 12.1. The Morgan fingerprint density at radius 1 is 1.31 bits per heavy atom. The fraction of sp³-hybridized carbons (Fsp3) is 0.0833. The van der Waals surface area contributed by atoms with Gasteiger partial charge in [-0.3, -0.25) is 4.79 Å². The summed E-state index contributed by atoms with van der Waals surface area (Å²) in [5.41, 5.74) is 0.745. The molecule has 2 rings (SSSR count). The molecule has 0 spiro atoms. The van der Waals surface area contributed by atoms with Crippen LogP contribution in [0.3, 0.4) is 0 Å². The lowest BCUT2D eigenvalue weighted by atomic mass is 10.1. The Labute approximate surface area is 120 Å². The van der Waals surface area contributed by atoms with Crippen molar-refractivity contribution in [3.05, 3.63) is 53.7 Å². The molecule has 82 valence electrons. The molecule has 2 aromatic rings. The molecular weight excluding hydrogens is 399 g/mol. The van der Waals surface area contributed by atoms with Gasteiger partial charge in [0.1, 0.15) is 0 Å². The van der Waals surface area contributed by atoms with Gasteiger partial charge in [0.2, 0.25) is 5.78 Å². The molecule has 0 saturated carbocycles. The van der Waals surface area contributed by atoms with E-state index in [1.54, 1.807) is 0 Å². The molecule has 1 nitrogen and oxygen atoms in total. The van der Waals surface area contributed by atoms with Crippen molar-refractivity contribution in [2.24, 2.45) is 0 Å². The normalized spacial score (nSPS) is 10.4. The fourth-order valence-electron chi connectivity index (χ4n) is 1.32. The van der Waals surface area contributed by atoms with E-state index in [0.29, 0.717) is 0 Å². The van der Waals surface area contributed by atoms with E-state index in [-0.39, 0.29) is 5.78 Å². The van der Waals surface area contributed by atoms with Crippen LogP contribution in [-0.4, -0.2) is 5.78 Å². The predicted octanol–water partition coefficient (Wildman–Crippen LogP) is 4.65. The molecular formula is C12H8BrIOS. The molecule has 4 heteroatoms. The average molecular weight is 407 g/mol. The Morgan fingerprint density at radius 3 is 2.44 bits per heavy atom. The SMILES string of the molecule is Cc1sc(C(=O)c2ccc(I)cc2)cc1Br. The number of rotatable bonds is 2. The summed E-state index contributed by atoms with van der Waals surface area (Å²) in [5.74, 6) is 0.0928. The Kier molecular flexibility index (Phi) is 3.81. The molecule has 0 amide bonds. The van der Waals surface area contributed by atoms with Gasteiger partial charge in [0, 0.05) is 18.5 Å². The Bertz CT molecular complexity index is 511. The lowest BCUT2D eigenvalue weighted by molar-refractivity contribution is 0.104. The van der Waals surface area contributed by atoms with Gasteiger partial charge in [-0.05, 0) is 75.8 Å². The van der Waals surface area contributed by atoms with Crippen LogP contribution >= 0.6 is 49.9 Å². The molecule has 1 heterocycles. The summed E-state index contributed by atoms with van der Waals surface area (Å²) in [5, 5.41) is 0. The van der Waals surface area contributed by atoms with Crippen LogP contribution in [0.2, 0.25) is 0 Å². The summed E-state index contributed by atoms with van der Waals surface area (Å²) in [6, 6.07) is 9.52. The van der Waals surface area contributed by atoms with E-state index in [4.69, 9.17) is 0 Å². The minimum absolute atomic E-state index is 0.0928. The quantitative estimate of drug-likeness (QED) is 0.523. The van der Waals surface area contributed by atoms with Crippen molar-refractivity contribution in [3.63, 3.8) is 0 Å². The molecule has 16 heavy (non-hydrogen) atoms. The highest BCUT2D eigenvalue weighted by molar-refractivity contribution is 14.1. The number of ketones is 1. The second-order valence-corrected chi connectivity index (χ2v) is 6.71. The zero-order valence-electron chi connectivity index (χ0n) is 8.46. The van der Waals surface area contributed by atoms with Gasteiger partial charge in [0.25, 0.3) is 0 Å². The smallest absolute Gasteiger partial charge is 0.202 e. The lowest BCUT2D eigenvalue weighted by Crippen LogP contribution is -1.97. The average Bonchev–Trinajstić information content (AvgIpc) is 2.59. The maximum absolute atomic E-state index is 12.1. The van der Waals surface area contributed by atoms with E-state index in [2.05, 4.69) is 38.5 Å². The monoisotopic (exact) mass is 406 g/mol. The number of hydrogen-bond donors (Lipinski definition) is 0. The molecule has 0 bridgehead atoms. The van der Waals surface area contributed by atoms with E-state index in [1.165, 1.54) is 11.3 Å². The largest absolute Gasteiger partial charge is 0.288 e. The van der Waals surface area contributed by atoms with E-state index in [0.717, 1.165) is 23.4 Å². The molecule has 0 aliphatic heterocycles. The summed E-state index contributed by atoms with van der Waals surface area (Å²) in [6.07, 6.45) is 0. The zero-order chi connectivity index (χ0) is 11.7. The number of halogens is 2. The van der Waals surface area contributed by atoms with Crippen molar-refractivity contribution in [2.75, 3.05) is 0 Å². The molecule has 0 atom stereocenters. The van der Waals surface area contributed by atoms with Gasteiger partial charge in [0.05, 0.1) is 4.88 Å². The number of benzene rings is 1. The van der Waals surface area contributed by atoms with E-state index >= 15 is 0 Å². The number of aryl methyl sites for hydroxylation is 1. The van der Waals surface area contributed by atoms with Crippen LogP contribution in [0.1, 0.15) is 20.1 Å². The second-order valence-electron chi connectivity index (χ2n) is 3.35. The Morgan fingerprint density at radius 2 is 1.94 bits per heavy atom. The molecule has 0 radical (unpaired) electrons. The number of carbonyl (C=O) groups excluding carboxylic acids is 1. The molecule has 1 aromatic carbocycles. The van der Waals surface area contributed by atoms with E-state index in [1.807, 2.05) is 37.3 Å². The summed E-state index contributed by atoms with van der Waals surface area (Å²) < 4.78 is 2.14. The zero-order valence-corrected chi connectivity index (χ0v) is 13.0. The van der Waals surface area contributed by atoms with Gasteiger partial charge in [-0.25, -0.2) is 0 Å². The lowest BCUT2D eigenvalue weighted by Gasteiger charge is -1.97. The summed E-state index contributed by atoms with van der Waals surface area (Å²) in [7, 11) is 0. The van der Waals surface area contributed by atoms with E-state index in [9.17, 15) is 4.79 Å². The first-order chi connectivity index (χ1) is 7.58. The first kappa shape index (κ1) is 12.3. The van der Waals surface area contributed by atoms with Gasteiger partial charge in [-0.15, -0.1) is 11.3 Å². The third kappa shape index (κ3) is 2.55. The van der Waals surface area contributed by atoms with Gasteiger partial charge >= 0.3 is 0 Å². The minimum atomic E-state index is 0.0928. The van der Waals surface area contributed by atoms with E-state index < -0.39 is 0 Å². The molecule has 0 aliphatic carbocycles. The minimum Gasteiger partial charge on any atom is -0.288 e. The highest BCUT2D eigenvalue weighted by Crippen LogP contribution is 2.28. The van der Waals surface area contributed by atoms with Crippen LogP contribution in [0.5, 0.6) is 0 Å². The summed E-state index contributed by atoms with van der Waals surface area (Å²) in [4.78, 5) is 14.0.